The van der Waals surface area contributed by atoms with E-state index >= 15 is 0 Å². The minimum Gasteiger partial charge on any atom is -0.389 e. The van der Waals surface area contributed by atoms with Gasteiger partial charge in [-0.3, -0.25) is 4.98 Å². The highest BCUT2D eigenvalue weighted by Crippen LogP contribution is 2.18. The number of methoxy groups -OCH3 is 1. The lowest BCUT2D eigenvalue weighted by Crippen LogP contribution is -2.45. The molecule has 1 aliphatic heterocycles. The van der Waals surface area contributed by atoms with Crippen LogP contribution in [0.5, 0.6) is 0 Å². The van der Waals surface area contributed by atoms with E-state index in [2.05, 4.69) is 27.3 Å². The van der Waals surface area contributed by atoms with E-state index in [9.17, 15) is 5.11 Å². The minimum absolute atomic E-state index is 0.392. The third-order valence-electron chi connectivity index (χ3n) is 3.52. The molecule has 1 unspecified atom stereocenters. The summed E-state index contributed by atoms with van der Waals surface area (Å²) in [5.74, 6) is 0. The first-order valence-electron chi connectivity index (χ1n) is 6.85. The van der Waals surface area contributed by atoms with Gasteiger partial charge in [-0.1, -0.05) is 0 Å². The van der Waals surface area contributed by atoms with Crippen molar-refractivity contribution in [1.82, 2.24) is 10.3 Å². The summed E-state index contributed by atoms with van der Waals surface area (Å²) in [6, 6.07) is 4.59. The molecule has 0 aliphatic carbocycles. The molecule has 1 fully saturated rings. The lowest BCUT2D eigenvalue weighted by Gasteiger charge is -2.34. The Bertz CT molecular complexity index is 353. The number of pyridine rings is 1. The van der Waals surface area contributed by atoms with Gasteiger partial charge in [-0.15, -0.1) is 0 Å². The van der Waals surface area contributed by atoms with E-state index in [-0.39, 0.29) is 0 Å². The molecule has 19 heavy (non-hydrogen) atoms. The molecule has 1 aliphatic rings. The lowest BCUT2D eigenvalue weighted by atomic mass is 10.0. The van der Waals surface area contributed by atoms with Gasteiger partial charge in [0, 0.05) is 50.9 Å². The Morgan fingerprint density at radius 2 is 2.11 bits per heavy atom. The maximum atomic E-state index is 9.60. The Kier molecular flexibility index (Phi) is 5.57. The zero-order valence-electron chi connectivity index (χ0n) is 11.5. The summed E-state index contributed by atoms with van der Waals surface area (Å²) in [4.78, 5) is 6.42. The second-order valence-electron chi connectivity index (χ2n) is 4.98. The number of piperidine rings is 1. The minimum atomic E-state index is -0.414. The third-order valence-corrected chi connectivity index (χ3v) is 3.52. The van der Waals surface area contributed by atoms with Crippen LogP contribution in [0.2, 0.25) is 0 Å². The lowest BCUT2D eigenvalue weighted by molar-refractivity contribution is 0.0621. The van der Waals surface area contributed by atoms with Crippen LogP contribution in [-0.2, 0) is 4.74 Å². The van der Waals surface area contributed by atoms with Crippen LogP contribution in [0.4, 0.5) is 5.69 Å². The Morgan fingerprint density at radius 1 is 1.42 bits per heavy atom. The van der Waals surface area contributed by atoms with Crippen molar-refractivity contribution in [3.63, 3.8) is 0 Å². The van der Waals surface area contributed by atoms with Gasteiger partial charge in [0.1, 0.15) is 0 Å². The number of nitrogens with zero attached hydrogens (tertiary/aromatic N) is 2. The molecule has 0 saturated carbocycles. The summed E-state index contributed by atoms with van der Waals surface area (Å²) in [6.45, 7) is 3.08. The molecule has 1 aromatic rings. The number of anilines is 1. The standard InChI is InChI=1S/C14H23N3O2/c1-19-11-14(18)10-16-12-4-8-17(9-5-12)13-2-6-15-7-3-13/h2-3,6-7,12,14,16,18H,4-5,8-11H2,1H3. The average molecular weight is 265 g/mol. The van der Waals surface area contributed by atoms with Crippen LogP contribution in [0.25, 0.3) is 0 Å². The first-order valence-corrected chi connectivity index (χ1v) is 6.85. The zero-order chi connectivity index (χ0) is 13.5. The number of hydrogen-bond donors (Lipinski definition) is 2. The molecule has 0 spiro atoms. The second kappa shape index (κ2) is 7.43. The summed E-state index contributed by atoms with van der Waals surface area (Å²) < 4.78 is 4.91. The van der Waals surface area contributed by atoms with Crippen molar-refractivity contribution >= 4 is 5.69 Å². The zero-order valence-corrected chi connectivity index (χ0v) is 11.5. The van der Waals surface area contributed by atoms with E-state index in [0.29, 0.717) is 19.2 Å². The smallest absolute Gasteiger partial charge is 0.0897 e. The van der Waals surface area contributed by atoms with Crippen molar-refractivity contribution in [2.45, 2.75) is 25.0 Å². The maximum absolute atomic E-state index is 9.60. The Balaban J connectivity index is 1.71. The number of aliphatic hydroxyl groups is 1. The van der Waals surface area contributed by atoms with E-state index in [1.807, 2.05) is 12.4 Å². The van der Waals surface area contributed by atoms with Crippen molar-refractivity contribution in [3.05, 3.63) is 24.5 Å². The summed E-state index contributed by atoms with van der Waals surface area (Å²) in [6.07, 6.45) is 5.45. The first kappa shape index (κ1) is 14.2. The first-order chi connectivity index (χ1) is 9.29. The van der Waals surface area contributed by atoms with Crippen molar-refractivity contribution in [3.8, 4) is 0 Å². The maximum Gasteiger partial charge on any atom is 0.0897 e. The van der Waals surface area contributed by atoms with E-state index in [0.717, 1.165) is 25.9 Å². The highest BCUT2D eigenvalue weighted by Gasteiger charge is 2.19. The molecule has 0 radical (unpaired) electrons. The van der Waals surface area contributed by atoms with Gasteiger partial charge >= 0.3 is 0 Å². The van der Waals surface area contributed by atoms with Gasteiger partial charge in [-0.25, -0.2) is 0 Å². The molecular formula is C14H23N3O2. The SMILES string of the molecule is COCC(O)CNC1CCN(c2ccncc2)CC1. The molecule has 2 N–H and O–H groups in total. The summed E-state index contributed by atoms with van der Waals surface area (Å²) in [7, 11) is 1.61. The molecule has 1 saturated heterocycles. The fraction of sp³-hybridized carbons (Fsp3) is 0.643. The number of rotatable bonds is 6. The fourth-order valence-corrected chi connectivity index (χ4v) is 2.45. The monoisotopic (exact) mass is 265 g/mol. The van der Waals surface area contributed by atoms with Crippen LogP contribution in [0, 0.1) is 0 Å². The molecule has 0 aromatic carbocycles. The van der Waals surface area contributed by atoms with Crippen LogP contribution >= 0.6 is 0 Å². The van der Waals surface area contributed by atoms with Crippen molar-refractivity contribution in [2.24, 2.45) is 0 Å². The average Bonchev–Trinajstić information content (AvgIpc) is 2.47. The van der Waals surface area contributed by atoms with Gasteiger partial charge in [0.2, 0.25) is 0 Å². The predicted molar refractivity (Wildman–Crippen MR) is 75.4 cm³/mol. The third kappa shape index (κ3) is 4.45. The van der Waals surface area contributed by atoms with E-state index in [1.54, 1.807) is 7.11 Å². The van der Waals surface area contributed by atoms with Gasteiger partial charge in [-0.05, 0) is 25.0 Å². The largest absolute Gasteiger partial charge is 0.389 e. The van der Waals surface area contributed by atoms with Crippen LogP contribution in [0.1, 0.15) is 12.8 Å². The topological polar surface area (TPSA) is 57.6 Å². The van der Waals surface area contributed by atoms with Crippen LogP contribution in [0.15, 0.2) is 24.5 Å². The Hall–Kier alpha value is -1.17. The number of nitrogens with one attached hydrogen (secondary N) is 1. The summed E-state index contributed by atoms with van der Waals surface area (Å²) in [5.41, 5.74) is 1.24. The molecule has 106 valence electrons. The highest BCUT2D eigenvalue weighted by molar-refractivity contribution is 5.44. The van der Waals surface area contributed by atoms with Gasteiger partial charge in [0.15, 0.2) is 0 Å². The number of aliphatic hydroxyl groups excluding tert-OH is 1. The number of hydrogen-bond acceptors (Lipinski definition) is 5. The van der Waals surface area contributed by atoms with Crippen LogP contribution in [-0.4, -0.2) is 55.6 Å². The van der Waals surface area contributed by atoms with Crippen molar-refractivity contribution < 1.29 is 9.84 Å². The van der Waals surface area contributed by atoms with E-state index in [4.69, 9.17) is 4.74 Å². The molecule has 5 nitrogen and oxygen atoms in total. The summed E-state index contributed by atoms with van der Waals surface area (Å²) in [5, 5.41) is 13.0. The predicted octanol–water partition coefficient (Wildman–Crippen LogP) is 0.647. The Labute approximate surface area is 114 Å². The molecular weight excluding hydrogens is 242 g/mol. The number of ether oxygens (including phenoxy) is 1. The fourth-order valence-electron chi connectivity index (χ4n) is 2.45. The van der Waals surface area contributed by atoms with Crippen molar-refractivity contribution in [2.75, 3.05) is 38.3 Å². The van der Waals surface area contributed by atoms with Crippen LogP contribution < -0.4 is 10.2 Å². The number of aromatic nitrogens is 1. The normalized spacial score (nSPS) is 18.5. The molecule has 1 atom stereocenters. The highest BCUT2D eigenvalue weighted by atomic mass is 16.5. The molecule has 5 heteroatoms. The van der Waals surface area contributed by atoms with Crippen molar-refractivity contribution in [1.29, 1.82) is 0 Å². The van der Waals surface area contributed by atoms with E-state index in [1.165, 1.54) is 5.69 Å². The second-order valence-corrected chi connectivity index (χ2v) is 4.98. The van der Waals surface area contributed by atoms with Crippen LogP contribution in [0.3, 0.4) is 0 Å². The Morgan fingerprint density at radius 3 is 2.74 bits per heavy atom. The molecule has 2 rings (SSSR count). The van der Waals surface area contributed by atoms with Gasteiger partial charge in [0.05, 0.1) is 12.7 Å². The molecule has 0 bridgehead atoms. The quantitative estimate of drug-likeness (QED) is 0.791. The van der Waals surface area contributed by atoms with Gasteiger partial charge in [0.25, 0.3) is 0 Å². The molecule has 0 amide bonds. The molecule has 2 heterocycles. The summed E-state index contributed by atoms with van der Waals surface area (Å²) >= 11 is 0. The van der Waals surface area contributed by atoms with Gasteiger partial charge in [-0.2, -0.15) is 0 Å². The van der Waals surface area contributed by atoms with E-state index < -0.39 is 6.10 Å². The van der Waals surface area contributed by atoms with Gasteiger partial charge < -0.3 is 20.1 Å². The molecule has 1 aromatic heterocycles.